The second-order valence-electron chi connectivity index (χ2n) is 4.72. The smallest absolute Gasteiger partial charge is 0.254 e. The molecule has 1 aliphatic heterocycles. The maximum absolute atomic E-state index is 13.4. The Morgan fingerprint density at radius 1 is 1.67 bits per heavy atom. The van der Waals surface area contributed by atoms with Crippen LogP contribution in [-0.4, -0.2) is 30.0 Å². The SMILES string of the molecule is CC(NC(=O)c1ccncc1F)C1CCCNC1. The van der Waals surface area contributed by atoms with Crippen LogP contribution in [0.4, 0.5) is 4.39 Å². The van der Waals surface area contributed by atoms with Crippen LogP contribution in [0.15, 0.2) is 18.5 Å². The normalized spacial score (nSPS) is 21.3. The van der Waals surface area contributed by atoms with E-state index in [1.807, 2.05) is 6.92 Å². The highest BCUT2D eigenvalue weighted by Gasteiger charge is 2.22. The highest BCUT2D eigenvalue weighted by Crippen LogP contribution is 2.15. The molecule has 18 heavy (non-hydrogen) atoms. The lowest BCUT2D eigenvalue weighted by molar-refractivity contribution is 0.0917. The van der Waals surface area contributed by atoms with Gasteiger partial charge in [-0.05, 0) is 44.8 Å². The molecule has 1 fully saturated rings. The van der Waals surface area contributed by atoms with Crippen molar-refractivity contribution in [3.63, 3.8) is 0 Å². The minimum Gasteiger partial charge on any atom is -0.349 e. The van der Waals surface area contributed by atoms with Gasteiger partial charge in [-0.15, -0.1) is 0 Å². The monoisotopic (exact) mass is 251 g/mol. The van der Waals surface area contributed by atoms with Crippen molar-refractivity contribution in [2.45, 2.75) is 25.8 Å². The lowest BCUT2D eigenvalue weighted by atomic mass is 9.92. The molecule has 0 radical (unpaired) electrons. The van der Waals surface area contributed by atoms with Gasteiger partial charge in [-0.1, -0.05) is 0 Å². The molecular formula is C13H18FN3O. The molecule has 5 heteroatoms. The topological polar surface area (TPSA) is 54.0 Å². The number of carbonyl (C=O) groups is 1. The van der Waals surface area contributed by atoms with Crippen LogP contribution < -0.4 is 10.6 Å². The molecule has 2 rings (SSSR count). The summed E-state index contributed by atoms with van der Waals surface area (Å²) in [6.45, 7) is 3.91. The molecule has 0 spiro atoms. The zero-order valence-corrected chi connectivity index (χ0v) is 10.4. The fourth-order valence-electron chi connectivity index (χ4n) is 2.27. The van der Waals surface area contributed by atoms with Gasteiger partial charge >= 0.3 is 0 Å². The molecule has 98 valence electrons. The second-order valence-corrected chi connectivity index (χ2v) is 4.72. The van der Waals surface area contributed by atoms with Crippen LogP contribution in [0.2, 0.25) is 0 Å². The average Bonchev–Trinajstić information content (AvgIpc) is 2.40. The van der Waals surface area contributed by atoms with Gasteiger partial charge in [-0.25, -0.2) is 4.39 Å². The van der Waals surface area contributed by atoms with Crippen molar-refractivity contribution < 1.29 is 9.18 Å². The molecule has 4 nitrogen and oxygen atoms in total. The van der Waals surface area contributed by atoms with Crippen LogP contribution in [0, 0.1) is 11.7 Å². The number of halogens is 1. The first-order chi connectivity index (χ1) is 8.68. The largest absolute Gasteiger partial charge is 0.349 e. The van der Waals surface area contributed by atoms with Gasteiger partial charge < -0.3 is 10.6 Å². The predicted octanol–water partition coefficient (Wildman–Crippen LogP) is 1.34. The number of piperidine rings is 1. The van der Waals surface area contributed by atoms with Gasteiger partial charge in [-0.3, -0.25) is 9.78 Å². The Hall–Kier alpha value is -1.49. The van der Waals surface area contributed by atoms with Crippen molar-refractivity contribution in [2.75, 3.05) is 13.1 Å². The Bertz CT molecular complexity index is 418. The van der Waals surface area contributed by atoms with Crippen LogP contribution in [0.5, 0.6) is 0 Å². The maximum atomic E-state index is 13.4. The third-order valence-electron chi connectivity index (χ3n) is 3.42. The number of pyridine rings is 1. The van der Waals surface area contributed by atoms with Crippen molar-refractivity contribution in [1.82, 2.24) is 15.6 Å². The van der Waals surface area contributed by atoms with Crippen molar-refractivity contribution in [2.24, 2.45) is 5.92 Å². The Morgan fingerprint density at radius 2 is 2.50 bits per heavy atom. The Labute approximate surface area is 106 Å². The summed E-state index contributed by atoms with van der Waals surface area (Å²) in [6.07, 6.45) is 4.69. The Kier molecular flexibility index (Phi) is 4.25. The van der Waals surface area contributed by atoms with Crippen molar-refractivity contribution in [3.8, 4) is 0 Å². The number of rotatable bonds is 3. The molecule has 1 saturated heterocycles. The van der Waals surface area contributed by atoms with Gasteiger partial charge in [0.05, 0.1) is 11.8 Å². The van der Waals surface area contributed by atoms with Gasteiger partial charge in [-0.2, -0.15) is 0 Å². The minimum absolute atomic E-state index is 0.0397. The predicted molar refractivity (Wildman–Crippen MR) is 66.7 cm³/mol. The van der Waals surface area contributed by atoms with Gasteiger partial charge in [0.25, 0.3) is 5.91 Å². The number of nitrogens with one attached hydrogen (secondary N) is 2. The van der Waals surface area contributed by atoms with Gasteiger partial charge in [0.1, 0.15) is 0 Å². The summed E-state index contributed by atoms with van der Waals surface area (Å²) in [5.41, 5.74) is 0.0561. The Balaban J connectivity index is 1.96. The van der Waals surface area contributed by atoms with Gasteiger partial charge in [0, 0.05) is 12.2 Å². The zero-order valence-electron chi connectivity index (χ0n) is 10.4. The van der Waals surface area contributed by atoms with Gasteiger partial charge in [0.2, 0.25) is 0 Å². The zero-order chi connectivity index (χ0) is 13.0. The third-order valence-corrected chi connectivity index (χ3v) is 3.42. The minimum atomic E-state index is -0.580. The number of carbonyl (C=O) groups excluding carboxylic acids is 1. The number of hydrogen-bond acceptors (Lipinski definition) is 3. The second kappa shape index (κ2) is 5.91. The summed E-state index contributed by atoms with van der Waals surface area (Å²) in [5.74, 6) is -0.537. The molecule has 1 aromatic rings. The van der Waals surface area contributed by atoms with E-state index >= 15 is 0 Å². The van der Waals surface area contributed by atoms with E-state index < -0.39 is 5.82 Å². The van der Waals surface area contributed by atoms with Crippen LogP contribution in [0.25, 0.3) is 0 Å². The van der Waals surface area contributed by atoms with Gasteiger partial charge in [0.15, 0.2) is 5.82 Å². The highest BCUT2D eigenvalue weighted by molar-refractivity contribution is 5.94. The first-order valence-corrected chi connectivity index (χ1v) is 6.29. The molecule has 0 bridgehead atoms. The number of aromatic nitrogens is 1. The van der Waals surface area contributed by atoms with E-state index in [1.165, 1.54) is 12.3 Å². The molecule has 1 aliphatic rings. The molecule has 0 aliphatic carbocycles. The number of amides is 1. The summed E-state index contributed by atoms with van der Waals surface area (Å²) in [5, 5.41) is 6.16. The van der Waals surface area contributed by atoms with Crippen molar-refractivity contribution in [3.05, 3.63) is 29.8 Å². The molecule has 2 unspecified atom stereocenters. The van der Waals surface area contributed by atoms with E-state index in [0.717, 1.165) is 32.1 Å². The molecule has 2 N–H and O–H groups in total. The average molecular weight is 251 g/mol. The fourth-order valence-corrected chi connectivity index (χ4v) is 2.27. The highest BCUT2D eigenvalue weighted by atomic mass is 19.1. The van der Waals surface area contributed by atoms with Crippen LogP contribution in [0.3, 0.4) is 0 Å². The molecule has 2 heterocycles. The summed E-state index contributed by atoms with van der Waals surface area (Å²) in [4.78, 5) is 15.6. The van der Waals surface area contributed by atoms with E-state index in [4.69, 9.17) is 0 Å². The standard InChI is InChI=1S/C13H18FN3O/c1-9(10-3-2-5-15-7-10)17-13(18)11-4-6-16-8-12(11)14/h4,6,8-10,15H,2-3,5,7H2,1H3,(H,17,18). The van der Waals surface area contributed by atoms with Crippen molar-refractivity contribution >= 4 is 5.91 Å². The Morgan fingerprint density at radius 3 is 3.17 bits per heavy atom. The van der Waals surface area contributed by atoms with Crippen molar-refractivity contribution in [1.29, 1.82) is 0 Å². The van der Waals surface area contributed by atoms with E-state index in [9.17, 15) is 9.18 Å². The third kappa shape index (κ3) is 3.04. The molecule has 2 atom stereocenters. The molecule has 1 amide bonds. The van der Waals surface area contributed by atoms with Crippen LogP contribution in [-0.2, 0) is 0 Å². The summed E-state index contributed by atoms with van der Waals surface area (Å²) in [6, 6.07) is 1.44. The molecule has 0 saturated carbocycles. The number of nitrogens with zero attached hydrogens (tertiary/aromatic N) is 1. The van der Waals surface area contributed by atoms with E-state index in [-0.39, 0.29) is 17.5 Å². The van der Waals surface area contributed by atoms with E-state index in [0.29, 0.717) is 5.92 Å². The van der Waals surface area contributed by atoms with Crippen LogP contribution >= 0.6 is 0 Å². The van der Waals surface area contributed by atoms with E-state index in [2.05, 4.69) is 15.6 Å². The quantitative estimate of drug-likeness (QED) is 0.852. The summed E-state index contributed by atoms with van der Waals surface area (Å²) < 4.78 is 13.4. The first-order valence-electron chi connectivity index (χ1n) is 6.29. The fraction of sp³-hybridized carbons (Fsp3) is 0.538. The molecular weight excluding hydrogens is 233 g/mol. The van der Waals surface area contributed by atoms with Crippen LogP contribution in [0.1, 0.15) is 30.1 Å². The lowest BCUT2D eigenvalue weighted by Gasteiger charge is -2.28. The van der Waals surface area contributed by atoms with E-state index in [1.54, 1.807) is 0 Å². The first kappa shape index (κ1) is 13.0. The lowest BCUT2D eigenvalue weighted by Crippen LogP contribution is -2.44. The molecule has 0 aromatic carbocycles. The summed E-state index contributed by atoms with van der Waals surface area (Å²) >= 11 is 0. The summed E-state index contributed by atoms with van der Waals surface area (Å²) in [7, 11) is 0. The molecule has 1 aromatic heterocycles. The maximum Gasteiger partial charge on any atom is 0.254 e. The number of hydrogen-bond donors (Lipinski definition) is 2.